The molecule has 6 heteroatoms. The number of sulfonamides is 1. The van der Waals surface area contributed by atoms with E-state index in [2.05, 4.69) is 26.5 Å². The molecule has 0 atom stereocenters. The number of hydrogen-bond donors (Lipinski definition) is 1. The molecule has 0 bridgehead atoms. The molecular formula is C26H29N3O2S. The number of nitrogens with zero attached hydrogens (tertiary/aromatic N) is 2. The predicted octanol–water partition coefficient (Wildman–Crippen LogP) is 5.47. The van der Waals surface area contributed by atoms with Crippen molar-refractivity contribution in [3.63, 3.8) is 0 Å². The average molecular weight is 448 g/mol. The smallest absolute Gasteiger partial charge is 0.261 e. The minimum Gasteiger partial charge on any atom is -0.347 e. The van der Waals surface area contributed by atoms with Gasteiger partial charge in [-0.3, -0.25) is 4.72 Å². The normalized spacial score (nSPS) is 15.4. The van der Waals surface area contributed by atoms with Gasteiger partial charge in [0.2, 0.25) is 0 Å². The van der Waals surface area contributed by atoms with Gasteiger partial charge in [0.05, 0.1) is 4.90 Å². The number of fused-ring (bicyclic) bond motifs is 2. The highest BCUT2D eigenvalue weighted by Crippen LogP contribution is 2.25. The molecule has 4 aromatic rings. The highest BCUT2D eigenvalue weighted by molar-refractivity contribution is 7.92. The first kappa shape index (κ1) is 21.0. The molecule has 0 radical (unpaired) electrons. The number of hydrogen-bond acceptors (Lipinski definition) is 3. The Morgan fingerprint density at radius 1 is 0.781 bits per heavy atom. The van der Waals surface area contributed by atoms with Crippen LogP contribution in [0.3, 0.4) is 0 Å². The molecule has 1 aromatic heterocycles. The lowest BCUT2D eigenvalue weighted by Gasteiger charge is -2.26. The maximum atomic E-state index is 13.0. The highest BCUT2D eigenvalue weighted by Gasteiger charge is 2.15. The summed E-state index contributed by atoms with van der Waals surface area (Å²) < 4.78 is 30.9. The average Bonchev–Trinajstić information content (AvgIpc) is 3.21. The maximum Gasteiger partial charge on any atom is 0.261 e. The van der Waals surface area contributed by atoms with E-state index in [0.29, 0.717) is 5.69 Å². The second kappa shape index (κ2) is 8.96. The molecular weight excluding hydrogens is 418 g/mol. The Balaban J connectivity index is 1.29. The van der Waals surface area contributed by atoms with Crippen molar-refractivity contribution in [1.82, 2.24) is 9.47 Å². The molecule has 3 aromatic carbocycles. The summed E-state index contributed by atoms with van der Waals surface area (Å²) in [5.41, 5.74) is 1.72. The molecule has 32 heavy (non-hydrogen) atoms. The molecule has 1 aliphatic heterocycles. The molecule has 0 amide bonds. The summed E-state index contributed by atoms with van der Waals surface area (Å²) >= 11 is 0. The fourth-order valence-electron chi connectivity index (χ4n) is 4.65. The first-order valence-electron chi connectivity index (χ1n) is 11.4. The minimum atomic E-state index is -3.66. The number of benzene rings is 3. The van der Waals surface area contributed by atoms with Gasteiger partial charge in [0.15, 0.2) is 0 Å². The molecule has 1 N–H and O–H groups in total. The van der Waals surface area contributed by atoms with Gasteiger partial charge >= 0.3 is 0 Å². The van der Waals surface area contributed by atoms with Crippen LogP contribution in [-0.2, 0) is 16.6 Å². The Morgan fingerprint density at radius 3 is 2.44 bits per heavy atom. The maximum absolute atomic E-state index is 13.0. The Kier molecular flexibility index (Phi) is 5.89. The van der Waals surface area contributed by atoms with Crippen molar-refractivity contribution < 1.29 is 8.42 Å². The Labute approximate surface area is 189 Å². The quantitative estimate of drug-likeness (QED) is 0.409. The number of nitrogens with one attached hydrogen (secondary N) is 1. The lowest BCUT2D eigenvalue weighted by molar-refractivity contribution is 0.223. The lowest BCUT2D eigenvalue weighted by atomic mass is 10.1. The standard InChI is InChI=1S/C26H29N3O2S/c30-32(31,25-11-9-21-7-2-3-8-22(21)20-25)27-24-10-12-26-23(19-24)13-18-29(26)17-6-16-28-14-4-1-5-15-28/h2-3,7-13,18-20,27H,1,4-6,14-17H2. The van der Waals surface area contributed by atoms with Crippen molar-refractivity contribution in [2.45, 2.75) is 37.1 Å². The van der Waals surface area contributed by atoms with Gasteiger partial charge in [-0.1, -0.05) is 36.8 Å². The first-order valence-corrected chi connectivity index (χ1v) is 12.9. The molecule has 1 fully saturated rings. The van der Waals surface area contributed by atoms with E-state index in [0.717, 1.165) is 41.2 Å². The number of piperidine rings is 1. The fourth-order valence-corrected chi connectivity index (χ4v) is 5.74. The van der Waals surface area contributed by atoms with Crippen molar-refractivity contribution in [2.75, 3.05) is 24.4 Å². The molecule has 5 nitrogen and oxygen atoms in total. The van der Waals surface area contributed by atoms with E-state index in [4.69, 9.17) is 0 Å². The summed E-state index contributed by atoms with van der Waals surface area (Å²) in [4.78, 5) is 2.83. The number of rotatable bonds is 7. The van der Waals surface area contributed by atoms with E-state index in [1.807, 2.05) is 48.5 Å². The zero-order valence-corrected chi connectivity index (χ0v) is 19.0. The van der Waals surface area contributed by atoms with Crippen molar-refractivity contribution in [3.8, 4) is 0 Å². The molecule has 166 valence electrons. The monoisotopic (exact) mass is 447 g/mol. The summed E-state index contributed by atoms with van der Waals surface area (Å²) in [7, 11) is -3.66. The Bertz CT molecular complexity index is 1340. The molecule has 1 aliphatic rings. The van der Waals surface area contributed by atoms with Crippen LogP contribution in [0.15, 0.2) is 77.8 Å². The third kappa shape index (κ3) is 4.52. The lowest BCUT2D eigenvalue weighted by Crippen LogP contribution is -2.31. The van der Waals surface area contributed by atoms with Crippen molar-refractivity contribution in [1.29, 1.82) is 0 Å². The van der Waals surface area contributed by atoms with Crippen LogP contribution in [0.5, 0.6) is 0 Å². The van der Waals surface area contributed by atoms with Gasteiger partial charge in [0.1, 0.15) is 0 Å². The predicted molar refractivity (Wildman–Crippen MR) is 132 cm³/mol. The van der Waals surface area contributed by atoms with E-state index in [1.54, 1.807) is 12.1 Å². The van der Waals surface area contributed by atoms with Gasteiger partial charge in [0, 0.05) is 29.3 Å². The topological polar surface area (TPSA) is 54.3 Å². The SMILES string of the molecule is O=S(=O)(Nc1ccc2c(ccn2CCCN2CCCCC2)c1)c1ccc2ccccc2c1. The van der Waals surface area contributed by atoms with Crippen molar-refractivity contribution in [3.05, 3.63) is 72.9 Å². The first-order chi connectivity index (χ1) is 15.6. The van der Waals surface area contributed by atoms with E-state index in [9.17, 15) is 8.42 Å². The third-order valence-corrected chi connectivity index (χ3v) is 7.76. The van der Waals surface area contributed by atoms with E-state index >= 15 is 0 Å². The second-order valence-electron chi connectivity index (χ2n) is 8.65. The molecule has 0 spiro atoms. The van der Waals surface area contributed by atoms with Crippen LogP contribution in [-0.4, -0.2) is 37.5 Å². The van der Waals surface area contributed by atoms with E-state index in [-0.39, 0.29) is 4.90 Å². The largest absolute Gasteiger partial charge is 0.347 e. The van der Waals surface area contributed by atoms with Gasteiger partial charge in [-0.15, -0.1) is 0 Å². The van der Waals surface area contributed by atoms with E-state index < -0.39 is 10.0 Å². The fraction of sp³-hybridized carbons (Fsp3) is 0.308. The number of aryl methyl sites for hydroxylation is 1. The molecule has 1 saturated heterocycles. The second-order valence-corrected chi connectivity index (χ2v) is 10.3. The van der Waals surface area contributed by atoms with Gasteiger partial charge in [-0.05, 0) is 86.1 Å². The van der Waals surface area contributed by atoms with Gasteiger partial charge in [-0.2, -0.15) is 0 Å². The molecule has 0 aliphatic carbocycles. The number of aromatic nitrogens is 1. The van der Waals surface area contributed by atoms with Crippen LogP contribution in [0.1, 0.15) is 25.7 Å². The van der Waals surface area contributed by atoms with Crippen LogP contribution < -0.4 is 4.72 Å². The zero-order valence-electron chi connectivity index (χ0n) is 18.2. The minimum absolute atomic E-state index is 0.270. The van der Waals surface area contributed by atoms with E-state index in [1.165, 1.54) is 32.4 Å². The third-order valence-electron chi connectivity index (χ3n) is 6.38. The summed E-state index contributed by atoms with van der Waals surface area (Å²) in [6.07, 6.45) is 7.24. The zero-order chi connectivity index (χ0) is 22.0. The van der Waals surface area contributed by atoms with Crippen molar-refractivity contribution in [2.24, 2.45) is 0 Å². The molecule has 0 unspecified atom stereocenters. The Morgan fingerprint density at radius 2 is 1.59 bits per heavy atom. The van der Waals surface area contributed by atoms with Crippen LogP contribution in [0.4, 0.5) is 5.69 Å². The molecule has 2 heterocycles. The van der Waals surface area contributed by atoms with Gasteiger partial charge in [-0.25, -0.2) is 8.42 Å². The summed E-state index contributed by atoms with van der Waals surface area (Å²) in [5.74, 6) is 0. The van der Waals surface area contributed by atoms with Crippen LogP contribution in [0, 0.1) is 0 Å². The number of anilines is 1. The number of likely N-dealkylation sites (tertiary alicyclic amines) is 1. The Hall–Kier alpha value is -2.83. The molecule has 5 rings (SSSR count). The van der Waals surface area contributed by atoms with Crippen LogP contribution in [0.25, 0.3) is 21.7 Å². The van der Waals surface area contributed by atoms with Crippen LogP contribution in [0.2, 0.25) is 0 Å². The summed E-state index contributed by atoms with van der Waals surface area (Å²) in [6, 6.07) is 20.8. The summed E-state index contributed by atoms with van der Waals surface area (Å²) in [6.45, 7) is 4.58. The van der Waals surface area contributed by atoms with Crippen molar-refractivity contribution >= 4 is 37.4 Å². The van der Waals surface area contributed by atoms with Gasteiger partial charge < -0.3 is 9.47 Å². The summed E-state index contributed by atoms with van der Waals surface area (Å²) in [5, 5.41) is 2.98. The highest BCUT2D eigenvalue weighted by atomic mass is 32.2. The molecule has 0 saturated carbocycles. The van der Waals surface area contributed by atoms with Crippen LogP contribution >= 0.6 is 0 Å². The van der Waals surface area contributed by atoms with Gasteiger partial charge in [0.25, 0.3) is 10.0 Å².